The number of nitrogens with one attached hydrogen (secondary N) is 1. The zero-order valence-corrected chi connectivity index (χ0v) is 10.7. The van der Waals surface area contributed by atoms with E-state index in [1.165, 1.54) is 12.8 Å². The molecule has 1 unspecified atom stereocenters. The monoisotopic (exact) mass is 250 g/mol. The van der Waals surface area contributed by atoms with Gasteiger partial charge in [-0.1, -0.05) is 0 Å². The Morgan fingerprint density at radius 3 is 2.69 bits per heavy atom. The van der Waals surface area contributed by atoms with Crippen LogP contribution in [0.1, 0.15) is 32.1 Å². The molecule has 1 aliphatic rings. The smallest absolute Gasteiger partial charge is 0.220 e. The molecule has 0 aromatic carbocycles. The van der Waals surface area contributed by atoms with Gasteiger partial charge in [0.15, 0.2) is 0 Å². The first-order valence-electron chi connectivity index (χ1n) is 5.76. The molecule has 0 bridgehead atoms. The number of rotatable bonds is 8. The topological polar surface area (TPSA) is 64.3 Å². The number of carbonyl (C=O) groups is 1. The zero-order chi connectivity index (χ0) is 11.1. The highest BCUT2D eigenvalue weighted by Gasteiger charge is 2.30. The number of nitrogens with two attached hydrogens (primary N) is 1. The van der Waals surface area contributed by atoms with Crippen LogP contribution in [0, 0.1) is 5.92 Å². The molecule has 0 heterocycles. The van der Waals surface area contributed by atoms with Gasteiger partial charge < -0.3 is 15.8 Å². The molecular weight excluding hydrogens is 228 g/mol. The van der Waals surface area contributed by atoms with Gasteiger partial charge in [-0.05, 0) is 31.6 Å². The van der Waals surface area contributed by atoms with E-state index < -0.39 is 0 Å². The highest BCUT2D eigenvalue weighted by Crippen LogP contribution is 2.32. The Balaban J connectivity index is 0.00000225. The Labute approximate surface area is 104 Å². The van der Waals surface area contributed by atoms with E-state index >= 15 is 0 Å². The Kier molecular flexibility index (Phi) is 8.61. The summed E-state index contributed by atoms with van der Waals surface area (Å²) < 4.78 is 4.92. The number of hydrogen-bond acceptors (Lipinski definition) is 3. The van der Waals surface area contributed by atoms with Gasteiger partial charge in [0, 0.05) is 32.7 Å². The maximum Gasteiger partial charge on any atom is 0.220 e. The second-order valence-corrected chi connectivity index (χ2v) is 4.20. The lowest BCUT2D eigenvalue weighted by Crippen LogP contribution is -2.41. The van der Waals surface area contributed by atoms with Gasteiger partial charge in [-0.15, -0.1) is 12.4 Å². The zero-order valence-electron chi connectivity index (χ0n) is 9.91. The molecule has 1 amide bonds. The third-order valence-corrected chi connectivity index (χ3v) is 2.79. The standard InChI is InChI=1S/C11H22N2O2.ClH/c1-15-7-3-2-4-11(14)13-10(8-12)9-5-6-9;/h9-10H,2-8,12H2,1H3,(H,13,14);1H. The van der Waals surface area contributed by atoms with Crippen LogP contribution in [0.3, 0.4) is 0 Å². The van der Waals surface area contributed by atoms with E-state index in [1.54, 1.807) is 7.11 Å². The summed E-state index contributed by atoms with van der Waals surface area (Å²) in [5.41, 5.74) is 5.60. The molecule has 16 heavy (non-hydrogen) atoms. The van der Waals surface area contributed by atoms with Crippen molar-refractivity contribution in [2.24, 2.45) is 11.7 Å². The van der Waals surface area contributed by atoms with E-state index in [2.05, 4.69) is 5.32 Å². The minimum absolute atomic E-state index is 0. The molecule has 3 N–H and O–H groups in total. The summed E-state index contributed by atoms with van der Waals surface area (Å²) in [6.45, 7) is 1.30. The molecule has 1 rings (SSSR count). The maximum absolute atomic E-state index is 11.5. The number of methoxy groups -OCH3 is 1. The molecular formula is C11H23ClN2O2. The fraction of sp³-hybridized carbons (Fsp3) is 0.909. The van der Waals surface area contributed by atoms with Gasteiger partial charge in [-0.3, -0.25) is 4.79 Å². The van der Waals surface area contributed by atoms with Gasteiger partial charge >= 0.3 is 0 Å². The number of halogens is 1. The first-order valence-corrected chi connectivity index (χ1v) is 5.76. The highest BCUT2D eigenvalue weighted by atomic mass is 35.5. The highest BCUT2D eigenvalue weighted by molar-refractivity contribution is 5.85. The molecule has 0 aliphatic heterocycles. The fourth-order valence-electron chi connectivity index (χ4n) is 1.68. The van der Waals surface area contributed by atoms with E-state index in [4.69, 9.17) is 10.5 Å². The first-order chi connectivity index (χ1) is 7.27. The molecule has 1 fully saturated rings. The predicted octanol–water partition coefficient (Wildman–Crippen LogP) is 1.08. The van der Waals surface area contributed by atoms with Crippen molar-refractivity contribution in [2.45, 2.75) is 38.1 Å². The molecule has 1 aliphatic carbocycles. The van der Waals surface area contributed by atoms with E-state index in [1.807, 2.05) is 0 Å². The van der Waals surface area contributed by atoms with Gasteiger partial charge in [-0.2, -0.15) is 0 Å². The molecule has 0 saturated heterocycles. The fourth-order valence-corrected chi connectivity index (χ4v) is 1.68. The maximum atomic E-state index is 11.5. The average Bonchev–Trinajstić information content (AvgIpc) is 3.05. The van der Waals surface area contributed by atoms with Crippen molar-refractivity contribution < 1.29 is 9.53 Å². The molecule has 1 atom stereocenters. The minimum atomic E-state index is 0. The van der Waals surface area contributed by atoms with Gasteiger partial charge in [0.2, 0.25) is 5.91 Å². The lowest BCUT2D eigenvalue weighted by Gasteiger charge is -2.15. The third-order valence-electron chi connectivity index (χ3n) is 2.79. The van der Waals surface area contributed by atoms with Crippen LogP contribution >= 0.6 is 12.4 Å². The van der Waals surface area contributed by atoms with E-state index in [-0.39, 0.29) is 24.4 Å². The van der Waals surface area contributed by atoms with Crippen molar-refractivity contribution in [1.82, 2.24) is 5.32 Å². The van der Waals surface area contributed by atoms with E-state index in [0.29, 0.717) is 18.9 Å². The van der Waals surface area contributed by atoms with Gasteiger partial charge in [-0.25, -0.2) is 0 Å². The molecule has 0 aromatic heterocycles. The lowest BCUT2D eigenvalue weighted by atomic mass is 10.1. The summed E-state index contributed by atoms with van der Waals surface area (Å²) in [5, 5.41) is 3.00. The lowest BCUT2D eigenvalue weighted by molar-refractivity contribution is -0.122. The first kappa shape index (κ1) is 15.7. The summed E-state index contributed by atoms with van der Waals surface area (Å²) in [6, 6.07) is 0.208. The number of ether oxygens (including phenoxy) is 1. The van der Waals surface area contributed by atoms with E-state index in [9.17, 15) is 4.79 Å². The van der Waals surface area contributed by atoms with Crippen LogP contribution < -0.4 is 11.1 Å². The van der Waals surface area contributed by atoms with Gasteiger partial charge in [0.05, 0.1) is 0 Å². The van der Waals surface area contributed by atoms with Crippen molar-refractivity contribution in [2.75, 3.05) is 20.3 Å². The van der Waals surface area contributed by atoms with Crippen molar-refractivity contribution in [3.05, 3.63) is 0 Å². The number of hydrogen-bond donors (Lipinski definition) is 2. The molecule has 4 nitrogen and oxygen atoms in total. The Morgan fingerprint density at radius 1 is 1.50 bits per heavy atom. The van der Waals surface area contributed by atoms with Crippen LogP contribution in [0.5, 0.6) is 0 Å². The summed E-state index contributed by atoms with van der Waals surface area (Å²) in [7, 11) is 1.68. The summed E-state index contributed by atoms with van der Waals surface area (Å²) in [4.78, 5) is 11.5. The molecule has 5 heteroatoms. The Bertz CT molecular complexity index is 198. The van der Waals surface area contributed by atoms with Crippen LogP contribution in [0.25, 0.3) is 0 Å². The predicted molar refractivity (Wildman–Crippen MR) is 66.7 cm³/mol. The number of amides is 1. The van der Waals surface area contributed by atoms with Crippen molar-refractivity contribution in [3.8, 4) is 0 Å². The molecule has 96 valence electrons. The second kappa shape index (κ2) is 8.79. The molecule has 1 saturated carbocycles. The minimum Gasteiger partial charge on any atom is -0.385 e. The third kappa shape index (κ3) is 6.30. The Morgan fingerprint density at radius 2 is 2.19 bits per heavy atom. The van der Waals surface area contributed by atoms with Crippen LogP contribution in [0.4, 0.5) is 0 Å². The van der Waals surface area contributed by atoms with Crippen molar-refractivity contribution in [1.29, 1.82) is 0 Å². The van der Waals surface area contributed by atoms with Crippen molar-refractivity contribution in [3.63, 3.8) is 0 Å². The largest absolute Gasteiger partial charge is 0.385 e. The van der Waals surface area contributed by atoms with Crippen LogP contribution in [-0.2, 0) is 9.53 Å². The van der Waals surface area contributed by atoms with E-state index in [0.717, 1.165) is 19.4 Å². The quantitative estimate of drug-likeness (QED) is 0.634. The summed E-state index contributed by atoms with van der Waals surface area (Å²) >= 11 is 0. The van der Waals surface area contributed by atoms with Crippen LogP contribution in [0.15, 0.2) is 0 Å². The summed E-state index contributed by atoms with van der Waals surface area (Å²) in [5.74, 6) is 0.770. The number of unbranched alkanes of at least 4 members (excludes halogenated alkanes) is 1. The van der Waals surface area contributed by atoms with Crippen LogP contribution in [-0.4, -0.2) is 32.2 Å². The SMILES string of the molecule is COCCCCC(=O)NC(CN)C1CC1.Cl. The van der Waals surface area contributed by atoms with Gasteiger partial charge in [0.1, 0.15) is 0 Å². The second-order valence-electron chi connectivity index (χ2n) is 4.20. The summed E-state index contributed by atoms with van der Waals surface area (Å²) in [6.07, 6.45) is 4.85. The Hall–Kier alpha value is -0.320. The molecule has 0 spiro atoms. The van der Waals surface area contributed by atoms with Crippen LogP contribution in [0.2, 0.25) is 0 Å². The average molecular weight is 251 g/mol. The van der Waals surface area contributed by atoms with Crippen molar-refractivity contribution >= 4 is 18.3 Å². The molecule has 0 aromatic rings. The molecule has 0 radical (unpaired) electrons. The number of carbonyl (C=O) groups excluding carboxylic acids is 1. The normalized spacial score (nSPS) is 16.4. The van der Waals surface area contributed by atoms with Gasteiger partial charge in [0.25, 0.3) is 0 Å².